The largest absolute Gasteiger partial charge is 0.333 e. The standard InChI is InChI=1S/C20H17N5/c1-25-19(16-7-11-21-12-8-16)23-18(15-5-3-2-4-6-15)24-20(25)17-9-13-22-14-10-17/h2-14,19H,1H3. The van der Waals surface area contributed by atoms with Crippen molar-refractivity contribution in [3.63, 3.8) is 0 Å². The highest BCUT2D eigenvalue weighted by Crippen LogP contribution is 2.27. The minimum absolute atomic E-state index is 0.154. The lowest BCUT2D eigenvalue weighted by atomic mass is 10.1. The smallest absolute Gasteiger partial charge is 0.159 e. The lowest BCUT2D eigenvalue weighted by molar-refractivity contribution is 0.382. The average Bonchev–Trinajstić information content (AvgIpc) is 2.70. The number of nitrogens with zero attached hydrogens (tertiary/aromatic N) is 5. The molecular weight excluding hydrogens is 310 g/mol. The Balaban J connectivity index is 1.84. The SMILES string of the molecule is CN1C(c2ccncc2)=NC(c2ccccc2)=NC1c1ccncc1. The fraction of sp³-hybridized carbons (Fsp3) is 0.100. The highest BCUT2D eigenvalue weighted by atomic mass is 15.3. The summed E-state index contributed by atoms with van der Waals surface area (Å²) in [5.41, 5.74) is 3.09. The zero-order chi connectivity index (χ0) is 17.1. The molecule has 0 N–H and O–H groups in total. The van der Waals surface area contributed by atoms with E-state index < -0.39 is 0 Å². The van der Waals surface area contributed by atoms with Crippen molar-refractivity contribution in [2.24, 2.45) is 9.98 Å². The summed E-state index contributed by atoms with van der Waals surface area (Å²) >= 11 is 0. The van der Waals surface area contributed by atoms with Crippen molar-refractivity contribution in [3.8, 4) is 0 Å². The Morgan fingerprint density at radius 2 is 1.40 bits per heavy atom. The Morgan fingerprint density at radius 3 is 2.08 bits per heavy atom. The van der Waals surface area contributed by atoms with Gasteiger partial charge in [-0.2, -0.15) is 0 Å². The van der Waals surface area contributed by atoms with Crippen LogP contribution < -0.4 is 0 Å². The number of amidine groups is 2. The van der Waals surface area contributed by atoms with E-state index in [4.69, 9.17) is 9.98 Å². The van der Waals surface area contributed by atoms with E-state index >= 15 is 0 Å². The van der Waals surface area contributed by atoms with E-state index in [0.717, 1.165) is 28.4 Å². The van der Waals surface area contributed by atoms with Crippen LogP contribution >= 0.6 is 0 Å². The van der Waals surface area contributed by atoms with Gasteiger partial charge in [-0.05, 0) is 29.8 Å². The van der Waals surface area contributed by atoms with Gasteiger partial charge in [-0.15, -0.1) is 0 Å². The molecule has 1 aliphatic heterocycles. The van der Waals surface area contributed by atoms with Gasteiger partial charge in [0.1, 0.15) is 5.84 Å². The predicted molar refractivity (Wildman–Crippen MR) is 98.5 cm³/mol. The molecule has 25 heavy (non-hydrogen) atoms. The van der Waals surface area contributed by atoms with Crippen molar-refractivity contribution in [1.82, 2.24) is 14.9 Å². The van der Waals surface area contributed by atoms with Crippen LogP contribution in [0.15, 0.2) is 89.4 Å². The van der Waals surface area contributed by atoms with Crippen LogP contribution in [0.4, 0.5) is 0 Å². The molecule has 0 saturated heterocycles. The topological polar surface area (TPSA) is 53.7 Å². The van der Waals surface area contributed by atoms with E-state index in [1.54, 1.807) is 24.8 Å². The van der Waals surface area contributed by atoms with E-state index in [-0.39, 0.29) is 6.17 Å². The summed E-state index contributed by atoms with van der Waals surface area (Å²) in [5.74, 6) is 1.60. The maximum atomic E-state index is 4.89. The molecule has 122 valence electrons. The van der Waals surface area contributed by atoms with Gasteiger partial charge in [-0.3, -0.25) is 9.97 Å². The van der Waals surface area contributed by atoms with E-state index in [0.29, 0.717) is 0 Å². The third kappa shape index (κ3) is 3.04. The van der Waals surface area contributed by atoms with Crippen molar-refractivity contribution in [3.05, 3.63) is 96.1 Å². The normalized spacial score (nSPS) is 17.0. The van der Waals surface area contributed by atoms with Crippen LogP contribution in [-0.4, -0.2) is 33.6 Å². The van der Waals surface area contributed by atoms with E-state index in [1.807, 2.05) is 61.6 Å². The van der Waals surface area contributed by atoms with Crippen molar-refractivity contribution in [1.29, 1.82) is 0 Å². The zero-order valence-electron chi connectivity index (χ0n) is 13.8. The molecular formula is C20H17N5. The van der Waals surface area contributed by atoms with Crippen LogP contribution in [0.25, 0.3) is 0 Å². The molecule has 0 bridgehead atoms. The minimum atomic E-state index is -0.154. The Labute approximate surface area is 146 Å². The van der Waals surface area contributed by atoms with Gasteiger partial charge < -0.3 is 4.90 Å². The van der Waals surface area contributed by atoms with Crippen molar-refractivity contribution in [2.45, 2.75) is 6.17 Å². The number of benzene rings is 1. The van der Waals surface area contributed by atoms with E-state index in [9.17, 15) is 0 Å². The maximum Gasteiger partial charge on any atom is 0.159 e. The molecule has 5 heteroatoms. The van der Waals surface area contributed by atoms with E-state index in [1.165, 1.54) is 0 Å². The number of aromatic nitrogens is 2. The van der Waals surface area contributed by atoms with Crippen LogP contribution in [0.3, 0.4) is 0 Å². The van der Waals surface area contributed by atoms with Gasteiger partial charge in [0.25, 0.3) is 0 Å². The first-order valence-electron chi connectivity index (χ1n) is 8.08. The number of hydrogen-bond donors (Lipinski definition) is 0. The maximum absolute atomic E-state index is 4.89. The second-order valence-corrected chi connectivity index (χ2v) is 5.76. The summed E-state index contributed by atoms with van der Waals surface area (Å²) in [6.45, 7) is 0. The second kappa shape index (κ2) is 6.65. The van der Waals surface area contributed by atoms with Gasteiger partial charge in [0.05, 0.1) is 0 Å². The van der Waals surface area contributed by atoms with Gasteiger partial charge in [-0.1, -0.05) is 30.3 Å². The first-order valence-corrected chi connectivity index (χ1v) is 8.08. The fourth-order valence-electron chi connectivity index (χ4n) is 2.86. The minimum Gasteiger partial charge on any atom is -0.333 e. The molecule has 0 amide bonds. The summed E-state index contributed by atoms with van der Waals surface area (Å²) in [4.78, 5) is 20.0. The Kier molecular flexibility index (Phi) is 4.04. The summed E-state index contributed by atoms with van der Waals surface area (Å²) in [6.07, 6.45) is 6.98. The van der Waals surface area contributed by atoms with Crippen LogP contribution in [0.2, 0.25) is 0 Å². The first kappa shape index (κ1) is 15.2. The van der Waals surface area contributed by atoms with Gasteiger partial charge in [0, 0.05) is 43.0 Å². The number of rotatable bonds is 3. The Hall–Kier alpha value is -3.34. The number of hydrogen-bond acceptors (Lipinski definition) is 5. The highest BCUT2D eigenvalue weighted by Gasteiger charge is 2.26. The summed E-state index contributed by atoms with van der Waals surface area (Å²) < 4.78 is 0. The molecule has 1 unspecified atom stereocenters. The van der Waals surface area contributed by atoms with Crippen LogP contribution in [0, 0.1) is 0 Å². The predicted octanol–water partition coefficient (Wildman–Crippen LogP) is 3.31. The summed E-state index contributed by atoms with van der Waals surface area (Å²) in [5, 5.41) is 0. The molecule has 1 aliphatic rings. The third-order valence-electron chi connectivity index (χ3n) is 4.13. The molecule has 3 aromatic rings. The molecule has 5 nitrogen and oxygen atoms in total. The van der Waals surface area contributed by atoms with Crippen molar-refractivity contribution in [2.75, 3.05) is 7.05 Å². The molecule has 2 aromatic heterocycles. The van der Waals surface area contributed by atoms with Gasteiger partial charge in [0.15, 0.2) is 12.0 Å². The molecule has 0 radical (unpaired) electrons. The monoisotopic (exact) mass is 327 g/mol. The zero-order valence-corrected chi connectivity index (χ0v) is 13.8. The average molecular weight is 327 g/mol. The quantitative estimate of drug-likeness (QED) is 0.741. The van der Waals surface area contributed by atoms with Crippen LogP contribution in [0.1, 0.15) is 22.9 Å². The third-order valence-corrected chi connectivity index (χ3v) is 4.13. The lowest BCUT2D eigenvalue weighted by Crippen LogP contribution is -2.35. The molecule has 0 spiro atoms. The fourth-order valence-corrected chi connectivity index (χ4v) is 2.86. The first-order chi connectivity index (χ1) is 12.3. The lowest BCUT2D eigenvalue weighted by Gasteiger charge is -2.32. The Bertz CT molecular complexity index is 905. The van der Waals surface area contributed by atoms with Crippen molar-refractivity contribution < 1.29 is 0 Å². The Morgan fingerprint density at radius 1 is 0.760 bits per heavy atom. The molecule has 0 saturated carbocycles. The van der Waals surface area contributed by atoms with Crippen molar-refractivity contribution >= 4 is 11.7 Å². The van der Waals surface area contributed by atoms with E-state index in [2.05, 4.69) is 14.9 Å². The molecule has 3 heterocycles. The number of aliphatic imine (C=N–C) groups is 2. The molecule has 1 aromatic carbocycles. The second-order valence-electron chi connectivity index (χ2n) is 5.76. The van der Waals surface area contributed by atoms with Gasteiger partial charge in [-0.25, -0.2) is 9.98 Å². The summed E-state index contributed by atoms with van der Waals surface area (Å²) in [7, 11) is 2.01. The summed E-state index contributed by atoms with van der Waals surface area (Å²) in [6, 6.07) is 18.0. The van der Waals surface area contributed by atoms with Gasteiger partial charge in [0.2, 0.25) is 0 Å². The highest BCUT2D eigenvalue weighted by molar-refractivity contribution is 6.12. The molecule has 4 rings (SSSR count). The van der Waals surface area contributed by atoms with Crippen LogP contribution in [0.5, 0.6) is 0 Å². The molecule has 1 atom stereocenters. The molecule has 0 fully saturated rings. The van der Waals surface area contributed by atoms with Crippen LogP contribution in [-0.2, 0) is 0 Å². The number of pyridine rings is 2. The molecule has 0 aliphatic carbocycles. The van der Waals surface area contributed by atoms with Gasteiger partial charge >= 0.3 is 0 Å².